The average Bonchev–Trinajstić information content (AvgIpc) is 3.76. The summed E-state index contributed by atoms with van der Waals surface area (Å²) in [5.74, 6) is -1.80. The lowest BCUT2D eigenvalue weighted by Gasteiger charge is -2.42. The van der Waals surface area contributed by atoms with E-state index in [0.29, 0.717) is 17.7 Å². The highest BCUT2D eigenvalue weighted by Crippen LogP contribution is 2.49. The van der Waals surface area contributed by atoms with Crippen LogP contribution in [0.3, 0.4) is 0 Å². The maximum Gasteiger partial charge on any atom is 0.409 e. The molecule has 2 saturated heterocycles. The van der Waals surface area contributed by atoms with Gasteiger partial charge in [0.15, 0.2) is 5.72 Å². The third kappa shape index (κ3) is 8.48. The number of allylic oxidation sites excluding steroid dienone is 3. The highest BCUT2D eigenvalue weighted by atomic mass is 35.5. The van der Waals surface area contributed by atoms with Crippen molar-refractivity contribution in [1.29, 1.82) is 0 Å². The van der Waals surface area contributed by atoms with Crippen LogP contribution in [-0.4, -0.2) is 114 Å². The van der Waals surface area contributed by atoms with Gasteiger partial charge in [-0.05, 0) is 50.6 Å². The molecule has 1 aromatic rings. The molecular formula is C35H48ClN3O10S. The Morgan fingerprint density at radius 1 is 1.30 bits per heavy atom. The number of anilines is 1. The Kier molecular flexibility index (Phi) is 12.7. The number of benzene rings is 1. The van der Waals surface area contributed by atoms with Crippen LogP contribution < -0.4 is 10.2 Å². The van der Waals surface area contributed by atoms with Crippen LogP contribution >= 0.6 is 23.4 Å². The zero-order valence-electron chi connectivity index (χ0n) is 29.7. The first-order valence-corrected chi connectivity index (χ1v) is 18.2. The number of methoxy groups -OCH3 is 1. The summed E-state index contributed by atoms with van der Waals surface area (Å²) in [6.45, 7) is 6.58. The molecule has 276 valence electrons. The first-order chi connectivity index (χ1) is 23.5. The van der Waals surface area contributed by atoms with Gasteiger partial charge in [0.05, 0.1) is 35.6 Å². The fourth-order valence-corrected chi connectivity index (χ4v) is 7.25. The molecule has 1 aromatic carbocycles. The van der Waals surface area contributed by atoms with Crippen LogP contribution in [0.5, 0.6) is 0 Å². The topological polar surface area (TPSA) is 167 Å². The minimum absolute atomic E-state index is 0.0544. The van der Waals surface area contributed by atoms with E-state index in [-0.39, 0.29) is 36.1 Å². The van der Waals surface area contributed by atoms with Gasteiger partial charge in [-0.2, -0.15) is 11.8 Å². The van der Waals surface area contributed by atoms with E-state index in [9.17, 15) is 29.4 Å². The zero-order chi connectivity index (χ0) is 37.1. The molecule has 15 heteroatoms. The lowest BCUT2D eigenvalue weighted by molar-refractivity contribution is -0.161. The second-order valence-electron chi connectivity index (χ2n) is 13.5. The third-order valence-electron chi connectivity index (χ3n) is 9.85. The van der Waals surface area contributed by atoms with Gasteiger partial charge in [-0.15, -0.1) is 0 Å². The summed E-state index contributed by atoms with van der Waals surface area (Å²) >= 11 is 8.02. The molecule has 3 N–H and O–H groups in total. The summed E-state index contributed by atoms with van der Waals surface area (Å²) in [6.07, 6.45) is 2.61. The normalized spacial score (nSPS) is 32.4. The number of thioether (sulfide) groups is 1. The van der Waals surface area contributed by atoms with Crippen molar-refractivity contribution in [2.24, 2.45) is 5.92 Å². The van der Waals surface area contributed by atoms with E-state index in [2.05, 4.69) is 5.32 Å². The number of aliphatic hydroxyl groups is 2. The molecule has 0 saturated carbocycles. The number of ether oxygens (including phenoxy) is 4. The number of nitrogens with one attached hydrogen (secondary N) is 1. The quantitative estimate of drug-likeness (QED) is 0.277. The molecule has 0 aromatic heterocycles. The van der Waals surface area contributed by atoms with Crippen molar-refractivity contribution in [3.63, 3.8) is 0 Å². The van der Waals surface area contributed by atoms with Crippen molar-refractivity contribution in [2.75, 3.05) is 38.1 Å². The molecule has 13 nitrogen and oxygen atoms in total. The number of esters is 1. The van der Waals surface area contributed by atoms with Gasteiger partial charge in [-0.25, -0.2) is 9.59 Å². The van der Waals surface area contributed by atoms with Gasteiger partial charge in [0.1, 0.15) is 30.0 Å². The van der Waals surface area contributed by atoms with E-state index >= 15 is 0 Å². The molecule has 3 aliphatic rings. The van der Waals surface area contributed by atoms with Gasteiger partial charge in [-0.1, -0.05) is 48.4 Å². The van der Waals surface area contributed by atoms with Gasteiger partial charge in [-0.3, -0.25) is 14.9 Å². The van der Waals surface area contributed by atoms with Gasteiger partial charge in [0.2, 0.25) is 11.8 Å². The highest BCUT2D eigenvalue weighted by Gasteiger charge is 2.64. The number of likely N-dealkylation sites (N-methyl/N-ethyl adjacent to an activating group) is 1. The number of carbonyl (C=O) groups is 4. The van der Waals surface area contributed by atoms with Crippen molar-refractivity contribution in [1.82, 2.24) is 10.2 Å². The molecular weight excluding hydrogens is 690 g/mol. The number of alkyl carbamates (subject to hydrolysis) is 1. The molecule has 0 spiro atoms. The summed E-state index contributed by atoms with van der Waals surface area (Å²) in [6, 6.07) is 2.56. The molecule has 0 radical (unpaired) electrons. The molecule has 3 heterocycles. The monoisotopic (exact) mass is 737 g/mol. The number of aliphatic hydroxyl groups excluding tert-OH is 1. The number of carbonyl (C=O) groups excluding carboxylic acids is 4. The molecule has 3 aliphatic heterocycles. The van der Waals surface area contributed by atoms with E-state index in [1.54, 1.807) is 58.4 Å². The van der Waals surface area contributed by atoms with Crippen LogP contribution in [0.2, 0.25) is 5.02 Å². The number of fused-ring (bicyclic) bond motifs is 5. The van der Waals surface area contributed by atoms with Crippen LogP contribution in [-0.2, 0) is 46.4 Å². The average molecular weight is 738 g/mol. The zero-order valence-corrected chi connectivity index (χ0v) is 31.3. The number of hydrogen-bond acceptors (Lipinski definition) is 11. The molecule has 8 atom stereocenters. The minimum Gasteiger partial charge on any atom is -0.457 e. The maximum absolute atomic E-state index is 14.0. The number of nitrogens with zero attached hydrogens (tertiary/aromatic N) is 2. The SMILES string of the molecule is CO[C@@H]1/C=C/C=C(\C)Cc2cc(CO)c(Cl)c(c2)N(C)C(=O)C[C@H](OC(=O)[C@H](C)N(C)C(=O)CSC)[C@]2(C)O[C@H]2[C@H](C)[C@@H]2C[C@@]1(O)NC(=O)O2. The van der Waals surface area contributed by atoms with E-state index in [0.717, 1.165) is 11.1 Å². The van der Waals surface area contributed by atoms with E-state index < -0.39 is 65.7 Å². The van der Waals surface area contributed by atoms with Gasteiger partial charge in [0, 0.05) is 33.5 Å². The minimum atomic E-state index is -1.83. The Bertz CT molecular complexity index is 1540. The molecule has 4 rings (SSSR count). The van der Waals surface area contributed by atoms with Gasteiger partial charge in [0.25, 0.3) is 0 Å². The Morgan fingerprint density at radius 2 is 2.00 bits per heavy atom. The van der Waals surface area contributed by atoms with Gasteiger partial charge < -0.3 is 39.0 Å². The molecule has 2 fully saturated rings. The predicted molar refractivity (Wildman–Crippen MR) is 189 cm³/mol. The van der Waals surface area contributed by atoms with E-state index in [1.807, 2.05) is 13.0 Å². The number of rotatable bonds is 7. The number of epoxide rings is 1. The standard InChI is InChI=1S/C35H48ClN3O10S/c1-19-10-9-11-26(46-7)35(45)16-25(47-33(44)37-35)20(2)31-34(4,49-31)27(48-32(43)21(3)38(5)29(42)18-50-8)15-28(41)39(6)24-14-22(12-19)13-23(17-40)30(24)36/h9-11,13-14,20-21,25-27,31,40,45H,12,15-18H2,1-8H3,(H,37,44)/b11-9+,19-10+/t20-,21+,25+,26-,27+,31+,34+,35+/m1/s1. The van der Waals surface area contributed by atoms with Crippen LogP contribution in [0.15, 0.2) is 35.9 Å². The number of amides is 3. The lowest BCUT2D eigenvalue weighted by Crippen LogP contribution is -2.63. The first-order valence-electron chi connectivity index (χ1n) is 16.4. The third-order valence-corrected chi connectivity index (χ3v) is 10.8. The smallest absolute Gasteiger partial charge is 0.409 e. The Morgan fingerprint density at radius 3 is 2.64 bits per heavy atom. The van der Waals surface area contributed by atoms with Crippen LogP contribution in [0, 0.1) is 5.92 Å². The largest absolute Gasteiger partial charge is 0.457 e. The maximum atomic E-state index is 14.0. The molecule has 3 amide bonds. The van der Waals surface area contributed by atoms with Crippen molar-refractivity contribution < 1.29 is 48.3 Å². The van der Waals surface area contributed by atoms with Gasteiger partial charge >= 0.3 is 12.1 Å². The van der Waals surface area contributed by atoms with E-state index in [4.69, 9.17) is 30.5 Å². The van der Waals surface area contributed by atoms with Crippen molar-refractivity contribution in [3.05, 3.63) is 52.1 Å². The predicted octanol–water partition coefficient (Wildman–Crippen LogP) is 3.36. The Hall–Kier alpha value is -3.14. The second kappa shape index (κ2) is 16.0. The van der Waals surface area contributed by atoms with Crippen molar-refractivity contribution in [3.8, 4) is 0 Å². The fourth-order valence-electron chi connectivity index (χ4n) is 6.50. The molecule has 0 unspecified atom stereocenters. The lowest BCUT2D eigenvalue weighted by atomic mass is 9.83. The van der Waals surface area contributed by atoms with Crippen molar-refractivity contribution >= 4 is 52.9 Å². The molecule has 4 bridgehead atoms. The Balaban J connectivity index is 1.78. The number of halogens is 1. The summed E-state index contributed by atoms with van der Waals surface area (Å²) in [5, 5.41) is 24.5. The summed E-state index contributed by atoms with van der Waals surface area (Å²) in [4.78, 5) is 55.6. The highest BCUT2D eigenvalue weighted by molar-refractivity contribution is 7.99. The summed E-state index contributed by atoms with van der Waals surface area (Å²) in [7, 11) is 4.48. The summed E-state index contributed by atoms with van der Waals surface area (Å²) in [5.41, 5.74) is -0.573. The van der Waals surface area contributed by atoms with E-state index in [1.165, 1.54) is 35.7 Å². The molecule has 50 heavy (non-hydrogen) atoms. The van der Waals surface area contributed by atoms with Crippen molar-refractivity contribution in [2.45, 2.75) is 95.3 Å². The van der Waals surface area contributed by atoms with Crippen LogP contribution in [0.1, 0.15) is 51.7 Å². The first kappa shape index (κ1) is 39.6. The van der Waals surface area contributed by atoms with Crippen LogP contribution in [0.25, 0.3) is 0 Å². The summed E-state index contributed by atoms with van der Waals surface area (Å²) < 4.78 is 23.5. The molecule has 0 aliphatic carbocycles. The Labute approximate surface area is 302 Å². The van der Waals surface area contributed by atoms with Crippen LogP contribution in [0.4, 0.5) is 10.5 Å². The number of hydrogen-bond donors (Lipinski definition) is 3. The fraction of sp³-hybridized carbons (Fsp3) is 0.600. The second-order valence-corrected chi connectivity index (χ2v) is 14.7.